The minimum atomic E-state index is -0.0793. The van der Waals surface area contributed by atoms with Gasteiger partial charge in [-0.1, -0.05) is 31.4 Å². The van der Waals surface area contributed by atoms with Gasteiger partial charge in [-0.25, -0.2) is 4.79 Å². The van der Waals surface area contributed by atoms with Crippen LogP contribution in [-0.2, 0) is 6.54 Å². The summed E-state index contributed by atoms with van der Waals surface area (Å²) in [6, 6.07) is 7.83. The number of rotatable bonds is 3. The number of amides is 2. The van der Waals surface area contributed by atoms with Crippen molar-refractivity contribution in [3.05, 3.63) is 29.8 Å². The lowest BCUT2D eigenvalue weighted by Crippen LogP contribution is -2.42. The first-order valence-electron chi connectivity index (χ1n) is 6.63. The van der Waals surface area contributed by atoms with Crippen molar-refractivity contribution in [2.24, 2.45) is 0 Å². The molecule has 0 spiro atoms. The monoisotopic (exact) mass is 247 g/mol. The lowest BCUT2D eigenvalue weighted by Gasteiger charge is -2.22. The first-order chi connectivity index (χ1) is 8.74. The Morgan fingerprint density at radius 1 is 1.28 bits per heavy atom. The third-order valence-corrected chi connectivity index (χ3v) is 3.34. The Morgan fingerprint density at radius 2 is 2.06 bits per heavy atom. The van der Waals surface area contributed by atoms with Gasteiger partial charge in [0, 0.05) is 18.3 Å². The van der Waals surface area contributed by atoms with E-state index in [-0.39, 0.29) is 6.03 Å². The molecule has 1 aliphatic rings. The van der Waals surface area contributed by atoms with Crippen LogP contribution in [0.3, 0.4) is 0 Å². The maximum absolute atomic E-state index is 11.7. The summed E-state index contributed by atoms with van der Waals surface area (Å²) in [5, 5.41) is 5.89. The highest BCUT2D eigenvalue weighted by Crippen LogP contribution is 2.17. The molecule has 1 aromatic rings. The van der Waals surface area contributed by atoms with Crippen LogP contribution in [0.5, 0.6) is 0 Å². The van der Waals surface area contributed by atoms with E-state index in [1.807, 2.05) is 24.3 Å². The summed E-state index contributed by atoms with van der Waals surface area (Å²) in [5.41, 5.74) is 7.43. The second-order valence-corrected chi connectivity index (χ2v) is 4.91. The molecule has 2 amide bonds. The zero-order chi connectivity index (χ0) is 12.8. The fraction of sp³-hybridized carbons (Fsp3) is 0.500. The van der Waals surface area contributed by atoms with Crippen molar-refractivity contribution >= 4 is 11.7 Å². The van der Waals surface area contributed by atoms with Crippen LogP contribution in [0.1, 0.15) is 37.7 Å². The molecule has 1 aromatic carbocycles. The molecule has 98 valence electrons. The quantitative estimate of drug-likeness (QED) is 0.718. The lowest BCUT2D eigenvalue weighted by atomic mass is 9.96. The fourth-order valence-corrected chi connectivity index (χ4v) is 2.37. The van der Waals surface area contributed by atoms with Crippen LogP contribution in [0.4, 0.5) is 10.5 Å². The van der Waals surface area contributed by atoms with Crippen molar-refractivity contribution in [1.29, 1.82) is 0 Å². The summed E-state index contributed by atoms with van der Waals surface area (Å²) in [6.07, 6.45) is 5.95. The summed E-state index contributed by atoms with van der Waals surface area (Å²) < 4.78 is 0. The maximum atomic E-state index is 11.7. The highest BCUT2D eigenvalue weighted by atomic mass is 16.2. The van der Waals surface area contributed by atoms with Gasteiger partial charge in [0.1, 0.15) is 0 Å². The van der Waals surface area contributed by atoms with Crippen molar-refractivity contribution in [2.45, 2.75) is 44.7 Å². The third-order valence-electron chi connectivity index (χ3n) is 3.34. The minimum absolute atomic E-state index is 0.0793. The average molecular weight is 247 g/mol. The van der Waals surface area contributed by atoms with E-state index in [0.717, 1.165) is 24.1 Å². The van der Waals surface area contributed by atoms with E-state index in [0.29, 0.717) is 12.6 Å². The molecule has 4 heteroatoms. The molecule has 0 bridgehead atoms. The van der Waals surface area contributed by atoms with Crippen LogP contribution in [0, 0.1) is 0 Å². The van der Waals surface area contributed by atoms with Gasteiger partial charge >= 0.3 is 6.03 Å². The molecule has 18 heavy (non-hydrogen) atoms. The first-order valence-corrected chi connectivity index (χ1v) is 6.63. The van der Waals surface area contributed by atoms with E-state index in [4.69, 9.17) is 5.73 Å². The van der Waals surface area contributed by atoms with Gasteiger partial charge in [0.05, 0.1) is 0 Å². The molecular formula is C14H21N3O. The van der Waals surface area contributed by atoms with Gasteiger partial charge in [-0.3, -0.25) is 0 Å². The number of urea groups is 1. The van der Waals surface area contributed by atoms with Gasteiger partial charge in [0.15, 0.2) is 0 Å². The van der Waals surface area contributed by atoms with Crippen LogP contribution in [0.15, 0.2) is 24.3 Å². The normalized spacial score (nSPS) is 16.2. The molecule has 0 radical (unpaired) electrons. The minimum Gasteiger partial charge on any atom is -0.399 e. The summed E-state index contributed by atoms with van der Waals surface area (Å²) in [5.74, 6) is 0. The number of anilines is 1. The molecule has 0 aliphatic heterocycles. The average Bonchev–Trinajstić information content (AvgIpc) is 2.38. The number of nitrogen functional groups attached to an aromatic ring is 1. The SMILES string of the molecule is Nc1cccc(CNC(=O)NC2CCCCC2)c1. The fourth-order valence-electron chi connectivity index (χ4n) is 2.37. The number of carbonyl (C=O) groups excluding carboxylic acids is 1. The topological polar surface area (TPSA) is 67.1 Å². The zero-order valence-corrected chi connectivity index (χ0v) is 10.6. The smallest absolute Gasteiger partial charge is 0.315 e. The molecule has 4 nitrogen and oxygen atoms in total. The van der Waals surface area contributed by atoms with Crippen molar-refractivity contribution in [3.8, 4) is 0 Å². The molecule has 1 saturated carbocycles. The second-order valence-electron chi connectivity index (χ2n) is 4.91. The van der Waals surface area contributed by atoms with Gasteiger partial charge in [0.25, 0.3) is 0 Å². The van der Waals surface area contributed by atoms with Gasteiger partial charge in [-0.05, 0) is 30.5 Å². The van der Waals surface area contributed by atoms with Gasteiger partial charge in [0.2, 0.25) is 0 Å². The van der Waals surface area contributed by atoms with Crippen LogP contribution in [0.2, 0.25) is 0 Å². The Hall–Kier alpha value is -1.71. The van der Waals surface area contributed by atoms with Gasteiger partial charge in [-0.2, -0.15) is 0 Å². The molecule has 1 fully saturated rings. The van der Waals surface area contributed by atoms with Crippen LogP contribution >= 0.6 is 0 Å². The Balaban J connectivity index is 1.74. The largest absolute Gasteiger partial charge is 0.399 e. The number of hydrogen-bond donors (Lipinski definition) is 3. The molecular weight excluding hydrogens is 226 g/mol. The van der Waals surface area contributed by atoms with E-state index in [2.05, 4.69) is 10.6 Å². The molecule has 2 rings (SSSR count). The number of hydrogen-bond acceptors (Lipinski definition) is 2. The Morgan fingerprint density at radius 3 is 2.78 bits per heavy atom. The van der Waals surface area contributed by atoms with Crippen LogP contribution in [-0.4, -0.2) is 12.1 Å². The molecule has 0 heterocycles. The zero-order valence-electron chi connectivity index (χ0n) is 10.6. The second kappa shape index (κ2) is 6.28. The highest BCUT2D eigenvalue weighted by molar-refractivity contribution is 5.74. The number of nitrogens with two attached hydrogens (primary N) is 1. The van der Waals surface area contributed by atoms with Crippen molar-refractivity contribution in [3.63, 3.8) is 0 Å². The lowest BCUT2D eigenvalue weighted by molar-refractivity contribution is 0.232. The number of benzene rings is 1. The Bertz CT molecular complexity index is 400. The summed E-state index contributed by atoms with van der Waals surface area (Å²) in [6.45, 7) is 0.517. The van der Waals surface area contributed by atoms with Crippen LogP contribution < -0.4 is 16.4 Å². The van der Waals surface area contributed by atoms with Gasteiger partial charge in [-0.15, -0.1) is 0 Å². The Labute approximate surface area is 108 Å². The van der Waals surface area contributed by atoms with E-state index in [1.165, 1.54) is 19.3 Å². The standard InChI is InChI=1S/C14H21N3O/c15-12-6-4-5-11(9-12)10-16-14(18)17-13-7-2-1-3-8-13/h4-6,9,13H,1-3,7-8,10,15H2,(H2,16,17,18). The molecule has 0 aromatic heterocycles. The Kier molecular flexibility index (Phi) is 4.45. The van der Waals surface area contributed by atoms with E-state index in [1.54, 1.807) is 0 Å². The van der Waals surface area contributed by atoms with Gasteiger partial charge < -0.3 is 16.4 Å². The predicted octanol–water partition coefficient (Wildman–Crippen LogP) is 2.40. The summed E-state index contributed by atoms with van der Waals surface area (Å²) in [4.78, 5) is 11.7. The third kappa shape index (κ3) is 3.95. The molecule has 4 N–H and O–H groups in total. The van der Waals surface area contributed by atoms with Crippen molar-refractivity contribution < 1.29 is 4.79 Å². The molecule has 0 atom stereocenters. The predicted molar refractivity (Wildman–Crippen MR) is 73.1 cm³/mol. The maximum Gasteiger partial charge on any atom is 0.315 e. The van der Waals surface area contributed by atoms with E-state index >= 15 is 0 Å². The molecule has 1 aliphatic carbocycles. The van der Waals surface area contributed by atoms with E-state index in [9.17, 15) is 4.79 Å². The number of carbonyl (C=O) groups is 1. The van der Waals surface area contributed by atoms with Crippen molar-refractivity contribution in [2.75, 3.05) is 5.73 Å². The highest BCUT2D eigenvalue weighted by Gasteiger charge is 2.15. The summed E-state index contributed by atoms with van der Waals surface area (Å²) >= 11 is 0. The summed E-state index contributed by atoms with van der Waals surface area (Å²) in [7, 11) is 0. The van der Waals surface area contributed by atoms with E-state index < -0.39 is 0 Å². The van der Waals surface area contributed by atoms with Crippen LogP contribution in [0.25, 0.3) is 0 Å². The van der Waals surface area contributed by atoms with Crippen molar-refractivity contribution in [1.82, 2.24) is 10.6 Å². The molecule has 0 saturated heterocycles. The molecule has 0 unspecified atom stereocenters. The number of nitrogens with one attached hydrogen (secondary N) is 2. The first kappa shape index (κ1) is 12.7.